The van der Waals surface area contributed by atoms with Gasteiger partial charge in [-0.25, -0.2) is 4.39 Å². The molecule has 3 N–H and O–H groups in total. The number of nitrogens with zero attached hydrogens (tertiary/aromatic N) is 2. The molecule has 9 heteroatoms. The van der Waals surface area contributed by atoms with Gasteiger partial charge in [0.25, 0.3) is 5.91 Å². The second-order valence-electron chi connectivity index (χ2n) is 6.83. The first kappa shape index (κ1) is 20.6. The van der Waals surface area contributed by atoms with E-state index in [9.17, 15) is 9.18 Å². The number of rotatable bonds is 4. The maximum Gasteiger partial charge on any atom is 0.251 e. The van der Waals surface area contributed by atoms with Gasteiger partial charge in [0.05, 0.1) is 30.5 Å². The van der Waals surface area contributed by atoms with Gasteiger partial charge in [0, 0.05) is 19.0 Å². The van der Waals surface area contributed by atoms with E-state index in [-0.39, 0.29) is 43.4 Å². The Kier molecular flexibility index (Phi) is 6.23. The van der Waals surface area contributed by atoms with Crippen molar-refractivity contribution in [1.82, 2.24) is 20.4 Å². The number of aryl methyl sites for hydroxylation is 1. The number of para-hydroxylation sites is 1. The van der Waals surface area contributed by atoms with Crippen LogP contribution in [-0.4, -0.2) is 52.7 Å². The summed E-state index contributed by atoms with van der Waals surface area (Å²) in [5, 5.41) is 20.2. The van der Waals surface area contributed by atoms with Crippen molar-refractivity contribution in [2.75, 3.05) is 19.8 Å². The molecule has 3 rings (SSSR count). The molecule has 1 aromatic heterocycles. The van der Waals surface area contributed by atoms with Gasteiger partial charge < -0.3 is 20.5 Å². The number of aliphatic hydroxyl groups excluding tert-OH is 1. The second-order valence-corrected chi connectivity index (χ2v) is 6.83. The summed E-state index contributed by atoms with van der Waals surface area (Å²) >= 11 is 0. The van der Waals surface area contributed by atoms with Gasteiger partial charge >= 0.3 is 0 Å². The van der Waals surface area contributed by atoms with Crippen LogP contribution in [-0.2, 0) is 22.1 Å². The summed E-state index contributed by atoms with van der Waals surface area (Å²) < 4.78 is 21.1. The van der Waals surface area contributed by atoms with Gasteiger partial charge in [-0.2, -0.15) is 5.10 Å². The van der Waals surface area contributed by atoms with Crippen molar-refractivity contribution in [3.8, 4) is 0 Å². The van der Waals surface area contributed by atoms with Crippen molar-refractivity contribution in [2.24, 2.45) is 7.05 Å². The number of hydrogen-bond acceptors (Lipinski definition) is 5. The van der Waals surface area contributed by atoms with Crippen LogP contribution in [0.5, 0.6) is 0 Å². The van der Waals surface area contributed by atoms with Gasteiger partial charge in [0.1, 0.15) is 17.4 Å². The van der Waals surface area contributed by atoms with E-state index in [1.54, 1.807) is 19.2 Å². The fourth-order valence-electron chi connectivity index (χ4n) is 3.11. The largest absolute Gasteiger partial charge is 0.395 e. The molecular weight excluding hydrogens is 363 g/mol. The molecule has 0 aliphatic carbocycles. The number of ether oxygens (including phenoxy) is 1. The van der Waals surface area contributed by atoms with E-state index in [1.807, 2.05) is 13.8 Å². The van der Waals surface area contributed by atoms with E-state index in [1.165, 1.54) is 10.7 Å². The lowest BCUT2D eigenvalue weighted by Crippen LogP contribution is -2.56. The average Bonchev–Trinajstić information content (AvgIpc) is 2.94. The van der Waals surface area contributed by atoms with Gasteiger partial charge in [-0.1, -0.05) is 12.1 Å². The number of morpholine rings is 1. The van der Waals surface area contributed by atoms with Gasteiger partial charge in [-0.3, -0.25) is 9.48 Å². The van der Waals surface area contributed by atoms with Crippen LogP contribution in [0.1, 0.15) is 19.5 Å². The quantitative estimate of drug-likeness (QED) is 0.724. The number of amides is 1. The second kappa shape index (κ2) is 7.87. The molecule has 1 aliphatic rings. The first-order chi connectivity index (χ1) is 11.8. The number of carbonyl (C=O) groups is 1. The summed E-state index contributed by atoms with van der Waals surface area (Å²) in [5.74, 6) is -0.625. The molecule has 2 aromatic rings. The number of benzene rings is 1. The van der Waals surface area contributed by atoms with E-state index in [4.69, 9.17) is 9.84 Å². The number of aliphatic hydroxyl groups is 1. The number of fused-ring (bicyclic) bond motifs is 1. The zero-order valence-electron chi connectivity index (χ0n) is 15.0. The molecule has 2 heterocycles. The molecule has 0 saturated carbocycles. The monoisotopic (exact) mass is 386 g/mol. The summed E-state index contributed by atoms with van der Waals surface area (Å²) in [5.41, 5.74) is 0.192. The van der Waals surface area contributed by atoms with Crippen LogP contribution in [0.3, 0.4) is 0 Å². The molecule has 1 aliphatic heterocycles. The van der Waals surface area contributed by atoms with Gasteiger partial charge in [-0.05, 0) is 19.9 Å². The minimum atomic E-state index is -0.804. The predicted molar refractivity (Wildman–Crippen MR) is 97.7 cm³/mol. The van der Waals surface area contributed by atoms with Crippen LogP contribution >= 0.6 is 12.4 Å². The first-order valence-electron chi connectivity index (χ1n) is 8.23. The molecule has 0 spiro atoms. The normalized spacial score (nSPS) is 20.7. The third-order valence-corrected chi connectivity index (χ3v) is 4.45. The standard InChI is InChI=1S/C17H23FN4O3.ClH/c1-17(2,20-16(24)13-7-19-10(8-23)9-25-13)15-11-5-4-6-12(18)14(11)22(3)21-15;/h4-6,10,13,19,23H,7-9H2,1-3H3,(H,20,24);1H/t10-,13+;/m1./s1. The smallest absolute Gasteiger partial charge is 0.251 e. The Bertz CT molecular complexity index is 788. The molecule has 0 radical (unpaired) electrons. The Labute approximate surface area is 157 Å². The first-order valence-corrected chi connectivity index (χ1v) is 8.23. The lowest BCUT2D eigenvalue weighted by atomic mass is 9.96. The van der Waals surface area contributed by atoms with E-state index in [0.717, 1.165) is 0 Å². The summed E-state index contributed by atoms with van der Waals surface area (Å²) in [6.07, 6.45) is -0.645. The molecule has 144 valence electrons. The van der Waals surface area contributed by atoms with Crippen molar-refractivity contribution in [2.45, 2.75) is 31.5 Å². The third-order valence-electron chi connectivity index (χ3n) is 4.45. The lowest BCUT2D eigenvalue weighted by molar-refractivity contribution is -0.137. The molecule has 0 bridgehead atoms. The van der Waals surface area contributed by atoms with Crippen molar-refractivity contribution in [3.63, 3.8) is 0 Å². The van der Waals surface area contributed by atoms with E-state index in [0.29, 0.717) is 23.1 Å². The molecule has 1 aromatic carbocycles. The van der Waals surface area contributed by atoms with Gasteiger partial charge in [-0.15, -0.1) is 12.4 Å². The molecule has 1 fully saturated rings. The SMILES string of the molecule is Cl.Cn1nc(C(C)(C)NC(=O)[C@@H]2CN[C@H](CO)CO2)c2cccc(F)c21. The Hall–Kier alpha value is -1.74. The molecular formula is C17H24ClFN4O3. The maximum atomic E-state index is 14.1. The molecule has 26 heavy (non-hydrogen) atoms. The Morgan fingerprint density at radius 2 is 2.27 bits per heavy atom. The highest BCUT2D eigenvalue weighted by molar-refractivity contribution is 5.86. The number of aromatic nitrogens is 2. The number of carbonyl (C=O) groups excluding carboxylic acids is 1. The highest BCUT2D eigenvalue weighted by Gasteiger charge is 2.33. The number of hydrogen-bond donors (Lipinski definition) is 3. The Balaban J connectivity index is 0.00000243. The molecule has 0 unspecified atom stereocenters. The van der Waals surface area contributed by atoms with Crippen LogP contribution in [0.25, 0.3) is 10.9 Å². The number of nitrogens with one attached hydrogen (secondary N) is 2. The minimum Gasteiger partial charge on any atom is -0.395 e. The van der Waals surface area contributed by atoms with Gasteiger partial charge in [0.15, 0.2) is 0 Å². The van der Waals surface area contributed by atoms with Crippen molar-refractivity contribution < 1.29 is 19.0 Å². The highest BCUT2D eigenvalue weighted by atomic mass is 35.5. The van der Waals surface area contributed by atoms with Crippen LogP contribution in [0.15, 0.2) is 18.2 Å². The predicted octanol–water partition coefficient (Wildman–Crippen LogP) is 0.835. The van der Waals surface area contributed by atoms with Crippen molar-refractivity contribution in [3.05, 3.63) is 29.7 Å². The molecule has 7 nitrogen and oxygen atoms in total. The van der Waals surface area contributed by atoms with Gasteiger partial charge in [0.2, 0.25) is 0 Å². The average molecular weight is 387 g/mol. The summed E-state index contributed by atoms with van der Waals surface area (Å²) in [4.78, 5) is 12.5. The van der Waals surface area contributed by atoms with E-state index >= 15 is 0 Å². The fourth-order valence-corrected chi connectivity index (χ4v) is 3.11. The third kappa shape index (κ3) is 3.83. The summed E-state index contributed by atoms with van der Waals surface area (Å²) in [7, 11) is 1.68. The Morgan fingerprint density at radius 1 is 1.54 bits per heavy atom. The molecule has 2 atom stereocenters. The van der Waals surface area contributed by atoms with E-state index in [2.05, 4.69) is 15.7 Å². The Morgan fingerprint density at radius 3 is 2.88 bits per heavy atom. The fraction of sp³-hybridized carbons (Fsp3) is 0.529. The van der Waals surface area contributed by atoms with Crippen LogP contribution in [0.2, 0.25) is 0 Å². The van der Waals surface area contributed by atoms with Crippen LogP contribution in [0, 0.1) is 5.82 Å². The topological polar surface area (TPSA) is 88.4 Å². The van der Waals surface area contributed by atoms with Crippen molar-refractivity contribution >= 4 is 29.2 Å². The van der Waals surface area contributed by atoms with E-state index < -0.39 is 11.6 Å². The highest BCUT2D eigenvalue weighted by Crippen LogP contribution is 2.29. The zero-order chi connectivity index (χ0) is 18.2. The lowest BCUT2D eigenvalue weighted by Gasteiger charge is -2.32. The number of halogens is 2. The summed E-state index contributed by atoms with van der Waals surface area (Å²) in [6.45, 7) is 4.21. The maximum absolute atomic E-state index is 14.1. The molecule has 1 saturated heterocycles. The van der Waals surface area contributed by atoms with Crippen molar-refractivity contribution in [1.29, 1.82) is 0 Å². The summed E-state index contributed by atoms with van der Waals surface area (Å²) in [6, 6.07) is 4.65. The van der Waals surface area contributed by atoms with Crippen LogP contribution < -0.4 is 10.6 Å². The zero-order valence-corrected chi connectivity index (χ0v) is 15.8. The van der Waals surface area contributed by atoms with Crippen LogP contribution in [0.4, 0.5) is 4.39 Å². The minimum absolute atomic E-state index is 0. The molecule has 1 amide bonds.